The average molecular weight is 358 g/mol. The first-order valence-corrected chi connectivity index (χ1v) is 8.72. The van der Waals surface area contributed by atoms with Gasteiger partial charge in [0, 0.05) is 24.0 Å². The van der Waals surface area contributed by atoms with Crippen LogP contribution >= 0.6 is 0 Å². The fourth-order valence-electron chi connectivity index (χ4n) is 3.82. The number of hydrogen-bond donors (Lipinski definition) is 0. The zero-order valence-electron chi connectivity index (χ0n) is 15.3. The average Bonchev–Trinajstić information content (AvgIpc) is 3.05. The summed E-state index contributed by atoms with van der Waals surface area (Å²) in [6.45, 7) is 3.93. The zero-order valence-corrected chi connectivity index (χ0v) is 15.3. The molecule has 4 atom stereocenters. The zero-order chi connectivity index (χ0) is 18.9. The van der Waals surface area contributed by atoms with E-state index in [1.807, 2.05) is 13.8 Å². The molecular weight excluding hydrogens is 335 g/mol. The second-order valence-corrected chi connectivity index (χ2v) is 7.04. The van der Waals surface area contributed by atoms with Crippen LogP contribution in [0.15, 0.2) is 30.0 Å². The third-order valence-electron chi connectivity index (χ3n) is 5.56. The van der Waals surface area contributed by atoms with Gasteiger partial charge in [-0.1, -0.05) is 19.9 Å². The van der Waals surface area contributed by atoms with Gasteiger partial charge >= 0.3 is 0 Å². The van der Waals surface area contributed by atoms with E-state index in [2.05, 4.69) is 5.92 Å². The van der Waals surface area contributed by atoms with E-state index in [1.165, 1.54) is 19.3 Å². The highest BCUT2D eigenvalue weighted by molar-refractivity contribution is 5.94. The highest BCUT2D eigenvalue weighted by Crippen LogP contribution is 2.47. The maximum Gasteiger partial charge on any atom is 0.189 e. The Morgan fingerprint density at radius 2 is 2.23 bits per heavy atom. The number of fused-ring (bicyclic) bond motifs is 1. The summed E-state index contributed by atoms with van der Waals surface area (Å²) in [6.07, 6.45) is 7.94. The van der Waals surface area contributed by atoms with E-state index < -0.39 is 5.60 Å². The molecule has 1 aromatic carbocycles. The first kappa shape index (κ1) is 18.5. The van der Waals surface area contributed by atoms with Crippen LogP contribution in [0.25, 0.3) is 0 Å². The number of methoxy groups -OCH3 is 1. The number of allylic oxidation sites excluding steroid dienone is 1. The number of hydrogen-bond acceptors (Lipinski definition) is 4. The van der Waals surface area contributed by atoms with E-state index in [9.17, 15) is 9.18 Å². The van der Waals surface area contributed by atoms with Crippen molar-refractivity contribution in [3.63, 3.8) is 0 Å². The molecule has 4 nitrogen and oxygen atoms in total. The molecule has 0 spiro atoms. The van der Waals surface area contributed by atoms with Gasteiger partial charge in [0.05, 0.1) is 7.11 Å². The molecule has 0 radical (unpaired) electrons. The fourth-order valence-corrected chi connectivity index (χ4v) is 3.82. The monoisotopic (exact) mass is 358 g/mol. The van der Waals surface area contributed by atoms with Crippen molar-refractivity contribution in [2.24, 2.45) is 17.8 Å². The molecule has 0 aromatic heterocycles. The normalized spacial score (nSPS) is 27.0. The molecule has 1 aliphatic heterocycles. The fraction of sp³-hybridized carbons (Fsp3) is 0.476. The van der Waals surface area contributed by atoms with Crippen LogP contribution in [0.2, 0.25) is 0 Å². The molecule has 26 heavy (non-hydrogen) atoms. The molecule has 0 saturated carbocycles. The topological polar surface area (TPSA) is 44.8 Å². The molecule has 1 fully saturated rings. The number of carbonyl (C=O) groups excluding carboxylic acids is 1. The van der Waals surface area contributed by atoms with Crippen molar-refractivity contribution < 1.29 is 23.4 Å². The lowest BCUT2D eigenvalue weighted by Crippen LogP contribution is -2.46. The van der Waals surface area contributed by atoms with E-state index in [0.717, 1.165) is 0 Å². The van der Waals surface area contributed by atoms with Crippen molar-refractivity contribution in [3.8, 4) is 18.1 Å². The highest BCUT2D eigenvalue weighted by atomic mass is 19.1. The van der Waals surface area contributed by atoms with Gasteiger partial charge in [-0.25, -0.2) is 4.39 Å². The molecule has 3 rings (SSSR count). The van der Waals surface area contributed by atoms with Gasteiger partial charge in [0.2, 0.25) is 0 Å². The van der Waals surface area contributed by atoms with Crippen LogP contribution in [0.1, 0.15) is 25.8 Å². The minimum Gasteiger partial charge on any atom is -0.497 e. The summed E-state index contributed by atoms with van der Waals surface area (Å²) in [5.41, 5.74) is -0.184. The predicted molar refractivity (Wildman–Crippen MR) is 94.8 cm³/mol. The van der Waals surface area contributed by atoms with Crippen LogP contribution in [0.4, 0.5) is 4.39 Å². The molecule has 0 amide bonds. The summed E-state index contributed by atoms with van der Waals surface area (Å²) < 4.78 is 31.0. The minimum atomic E-state index is -0.754. The Bertz CT molecular complexity index is 779. The first-order valence-electron chi connectivity index (χ1n) is 8.72. The largest absolute Gasteiger partial charge is 0.497 e. The number of halogens is 1. The van der Waals surface area contributed by atoms with Crippen LogP contribution in [-0.4, -0.2) is 25.3 Å². The lowest BCUT2D eigenvalue weighted by molar-refractivity contribution is -0.124. The van der Waals surface area contributed by atoms with Crippen molar-refractivity contribution in [1.29, 1.82) is 0 Å². The van der Waals surface area contributed by atoms with Crippen LogP contribution < -0.4 is 4.74 Å². The van der Waals surface area contributed by atoms with Gasteiger partial charge < -0.3 is 14.2 Å². The van der Waals surface area contributed by atoms with Gasteiger partial charge in [0.25, 0.3) is 0 Å². The standard InChI is InChI=1S/C21H23FO4/c1-5-13(2)17-11-21(20(10-19(17)23)25-12-26-21)14(3)8-15-6-7-16(24-4)9-18(15)22/h1,6-7,9-10,13-14,17H,8,11-12H2,2-4H3/t13?,14-,17+,21+/m0/s1. The smallest absolute Gasteiger partial charge is 0.189 e. The highest BCUT2D eigenvalue weighted by Gasteiger charge is 2.52. The maximum absolute atomic E-state index is 14.4. The Morgan fingerprint density at radius 3 is 2.88 bits per heavy atom. The summed E-state index contributed by atoms with van der Waals surface area (Å²) in [5.74, 6) is 2.68. The second kappa shape index (κ2) is 7.13. The summed E-state index contributed by atoms with van der Waals surface area (Å²) >= 11 is 0. The van der Waals surface area contributed by atoms with E-state index >= 15 is 0 Å². The SMILES string of the molecule is C#CC(C)[C@H]1C[C@]2([C@@H](C)Cc3ccc(OC)cc3F)OCOC2=CC1=O. The third-order valence-corrected chi connectivity index (χ3v) is 5.56. The molecule has 1 aliphatic carbocycles. The lowest BCUT2D eigenvalue weighted by Gasteiger charge is -2.39. The molecule has 1 heterocycles. The number of ketones is 1. The number of benzene rings is 1. The minimum absolute atomic E-state index is 0.0330. The van der Waals surface area contributed by atoms with Crippen molar-refractivity contribution in [1.82, 2.24) is 0 Å². The molecule has 0 N–H and O–H groups in total. The van der Waals surface area contributed by atoms with E-state index in [0.29, 0.717) is 29.9 Å². The number of carbonyl (C=O) groups is 1. The molecule has 2 aliphatic rings. The van der Waals surface area contributed by atoms with Gasteiger partial charge in [-0.05, 0) is 30.4 Å². The summed E-state index contributed by atoms with van der Waals surface area (Å²) in [6, 6.07) is 4.82. The van der Waals surface area contributed by atoms with Crippen molar-refractivity contribution in [2.45, 2.75) is 32.3 Å². The van der Waals surface area contributed by atoms with E-state index in [4.69, 9.17) is 20.6 Å². The van der Waals surface area contributed by atoms with Crippen molar-refractivity contribution in [2.75, 3.05) is 13.9 Å². The Hall–Kier alpha value is -2.32. The number of rotatable bonds is 5. The van der Waals surface area contributed by atoms with Gasteiger partial charge in [-0.2, -0.15) is 0 Å². The first-order chi connectivity index (χ1) is 12.4. The van der Waals surface area contributed by atoms with Gasteiger partial charge in [-0.15, -0.1) is 12.3 Å². The van der Waals surface area contributed by atoms with Crippen molar-refractivity contribution in [3.05, 3.63) is 41.4 Å². The van der Waals surface area contributed by atoms with Gasteiger partial charge in [-0.3, -0.25) is 4.79 Å². The van der Waals surface area contributed by atoms with Crippen LogP contribution in [0, 0.1) is 35.9 Å². The number of ether oxygens (including phenoxy) is 3. The Labute approximate surface area is 153 Å². The molecule has 138 valence electrons. The predicted octanol–water partition coefficient (Wildman–Crippen LogP) is 3.50. The van der Waals surface area contributed by atoms with Crippen LogP contribution in [0.5, 0.6) is 5.75 Å². The lowest BCUT2D eigenvalue weighted by atomic mass is 9.69. The van der Waals surface area contributed by atoms with Crippen molar-refractivity contribution >= 4 is 5.78 Å². The molecule has 0 bridgehead atoms. The summed E-state index contributed by atoms with van der Waals surface area (Å²) in [5, 5.41) is 0. The van der Waals surface area contributed by atoms with E-state index in [-0.39, 0.29) is 36.1 Å². The molecule has 1 unspecified atom stereocenters. The van der Waals surface area contributed by atoms with E-state index in [1.54, 1.807) is 12.1 Å². The third kappa shape index (κ3) is 3.10. The van der Waals surface area contributed by atoms with Crippen LogP contribution in [0.3, 0.4) is 0 Å². The quantitative estimate of drug-likeness (QED) is 0.756. The molecule has 1 saturated heterocycles. The Morgan fingerprint density at radius 1 is 1.46 bits per heavy atom. The molecular formula is C21H23FO4. The maximum atomic E-state index is 14.4. The second-order valence-electron chi connectivity index (χ2n) is 7.04. The van der Waals surface area contributed by atoms with Gasteiger partial charge in [0.1, 0.15) is 22.9 Å². The summed E-state index contributed by atoms with van der Waals surface area (Å²) in [7, 11) is 1.50. The Kier molecular flexibility index (Phi) is 5.06. The molecule has 1 aromatic rings. The molecule has 5 heteroatoms. The number of terminal acetylenes is 1. The van der Waals surface area contributed by atoms with Gasteiger partial charge in [0.15, 0.2) is 12.6 Å². The Balaban J connectivity index is 1.89. The van der Waals surface area contributed by atoms with Crippen LogP contribution in [-0.2, 0) is 20.7 Å². The summed E-state index contributed by atoms with van der Waals surface area (Å²) in [4.78, 5) is 12.4.